The predicted molar refractivity (Wildman–Crippen MR) is 58.3 cm³/mol. The largest absolute Gasteiger partial charge is 0.352 e. The Kier molecular flexibility index (Phi) is 4.09. The summed E-state index contributed by atoms with van der Waals surface area (Å²) >= 11 is 3.30. The van der Waals surface area contributed by atoms with E-state index in [9.17, 15) is 13.6 Å². The van der Waals surface area contributed by atoms with Crippen molar-refractivity contribution in [2.24, 2.45) is 5.92 Å². The first-order valence-corrected chi connectivity index (χ1v) is 6.08. The van der Waals surface area contributed by atoms with Crippen molar-refractivity contribution >= 4 is 21.8 Å². The highest BCUT2D eigenvalue weighted by atomic mass is 79.9. The first kappa shape index (κ1) is 12.9. The summed E-state index contributed by atoms with van der Waals surface area (Å²) in [5, 5.41) is 2.61. The van der Waals surface area contributed by atoms with Crippen LogP contribution in [0.3, 0.4) is 0 Å². The van der Waals surface area contributed by atoms with Crippen LogP contribution in [0.5, 0.6) is 0 Å². The maximum absolute atomic E-state index is 13.2. The predicted octanol–water partition coefficient (Wildman–Crippen LogP) is 2.71. The first-order valence-electron chi connectivity index (χ1n) is 5.17. The van der Waals surface area contributed by atoms with Crippen molar-refractivity contribution in [3.05, 3.63) is 0 Å². The van der Waals surface area contributed by atoms with Crippen LogP contribution in [-0.4, -0.2) is 22.7 Å². The van der Waals surface area contributed by atoms with E-state index in [1.807, 2.05) is 6.92 Å². The summed E-state index contributed by atoms with van der Waals surface area (Å²) in [6.45, 7) is 3.67. The number of halogens is 3. The smallest absolute Gasteiger partial charge is 0.259 e. The third-order valence-corrected chi connectivity index (χ3v) is 3.68. The van der Waals surface area contributed by atoms with Gasteiger partial charge in [0, 0.05) is 17.3 Å². The van der Waals surface area contributed by atoms with Gasteiger partial charge in [0.25, 0.3) is 5.92 Å². The van der Waals surface area contributed by atoms with Gasteiger partial charge in [0.1, 0.15) is 5.92 Å². The zero-order valence-corrected chi connectivity index (χ0v) is 10.5. The van der Waals surface area contributed by atoms with Crippen molar-refractivity contribution < 1.29 is 13.6 Å². The maximum Gasteiger partial charge on any atom is 0.259 e. The fourth-order valence-electron chi connectivity index (χ4n) is 1.69. The third kappa shape index (κ3) is 3.13. The van der Waals surface area contributed by atoms with Gasteiger partial charge in [-0.3, -0.25) is 4.79 Å². The SMILES string of the molecule is CC(Br)C(C)NC(=O)C1CCCC1(F)F. The molecule has 0 bridgehead atoms. The van der Waals surface area contributed by atoms with Gasteiger partial charge >= 0.3 is 0 Å². The molecule has 0 aliphatic heterocycles. The molecule has 1 amide bonds. The standard InChI is InChI=1S/C10H16BrF2NO/c1-6(11)7(2)14-9(15)8-4-3-5-10(8,12)13/h6-8H,3-5H2,1-2H3,(H,14,15). The second kappa shape index (κ2) is 4.76. The lowest BCUT2D eigenvalue weighted by Crippen LogP contribution is -2.44. The van der Waals surface area contributed by atoms with Crippen LogP contribution >= 0.6 is 15.9 Å². The highest BCUT2D eigenvalue weighted by Crippen LogP contribution is 2.40. The van der Waals surface area contributed by atoms with E-state index in [4.69, 9.17) is 0 Å². The Morgan fingerprint density at radius 1 is 1.53 bits per heavy atom. The quantitative estimate of drug-likeness (QED) is 0.793. The minimum absolute atomic E-state index is 0.0801. The van der Waals surface area contributed by atoms with E-state index in [2.05, 4.69) is 21.2 Å². The second-order valence-corrected chi connectivity index (χ2v) is 5.62. The Bertz CT molecular complexity index is 246. The van der Waals surface area contributed by atoms with E-state index in [-0.39, 0.29) is 17.3 Å². The number of carbonyl (C=O) groups is 1. The molecule has 0 heterocycles. The number of carbonyl (C=O) groups excluding carboxylic acids is 1. The molecule has 1 aliphatic rings. The maximum atomic E-state index is 13.2. The molecule has 3 atom stereocenters. The lowest BCUT2D eigenvalue weighted by atomic mass is 10.0. The van der Waals surface area contributed by atoms with Crippen molar-refractivity contribution in [3.63, 3.8) is 0 Å². The van der Waals surface area contributed by atoms with E-state index in [0.29, 0.717) is 12.8 Å². The molecule has 1 fully saturated rings. The minimum Gasteiger partial charge on any atom is -0.352 e. The summed E-state index contributed by atoms with van der Waals surface area (Å²) in [6, 6.07) is -0.131. The highest BCUT2D eigenvalue weighted by Gasteiger charge is 2.48. The number of hydrogen-bond acceptors (Lipinski definition) is 1. The second-order valence-electron chi connectivity index (χ2n) is 4.18. The van der Waals surface area contributed by atoms with E-state index in [1.54, 1.807) is 6.92 Å². The molecule has 3 unspecified atom stereocenters. The molecule has 1 N–H and O–H groups in total. The molecule has 0 aromatic rings. The lowest BCUT2D eigenvalue weighted by Gasteiger charge is -2.22. The van der Waals surface area contributed by atoms with Gasteiger partial charge in [0.2, 0.25) is 5.91 Å². The number of hydrogen-bond donors (Lipinski definition) is 1. The van der Waals surface area contributed by atoms with Crippen LogP contribution in [-0.2, 0) is 4.79 Å². The molecule has 0 radical (unpaired) electrons. The molecule has 1 saturated carbocycles. The molecule has 15 heavy (non-hydrogen) atoms. The first-order chi connectivity index (χ1) is 6.84. The highest BCUT2D eigenvalue weighted by molar-refractivity contribution is 9.09. The molecule has 0 saturated heterocycles. The van der Waals surface area contributed by atoms with E-state index in [0.717, 1.165) is 0 Å². The fraction of sp³-hybridized carbons (Fsp3) is 0.900. The molecule has 0 spiro atoms. The van der Waals surface area contributed by atoms with Crippen molar-refractivity contribution in [3.8, 4) is 0 Å². The normalized spacial score (nSPS) is 28.5. The Hall–Kier alpha value is -0.190. The van der Waals surface area contributed by atoms with Crippen LogP contribution in [0.25, 0.3) is 0 Å². The average Bonchev–Trinajstić information content (AvgIpc) is 2.44. The van der Waals surface area contributed by atoms with Gasteiger partial charge < -0.3 is 5.32 Å². The van der Waals surface area contributed by atoms with E-state index >= 15 is 0 Å². The van der Waals surface area contributed by atoms with Crippen molar-refractivity contribution in [2.45, 2.75) is 49.9 Å². The summed E-state index contributed by atoms with van der Waals surface area (Å²) < 4.78 is 26.5. The summed E-state index contributed by atoms with van der Waals surface area (Å²) in [5.41, 5.74) is 0. The van der Waals surface area contributed by atoms with Crippen molar-refractivity contribution in [1.82, 2.24) is 5.32 Å². The zero-order valence-electron chi connectivity index (χ0n) is 8.90. The van der Waals surface area contributed by atoms with Gasteiger partial charge in [0.15, 0.2) is 0 Å². The Morgan fingerprint density at radius 3 is 2.53 bits per heavy atom. The molecule has 1 rings (SSSR count). The van der Waals surface area contributed by atoms with Crippen LogP contribution in [0, 0.1) is 5.92 Å². The Balaban J connectivity index is 2.54. The van der Waals surface area contributed by atoms with Crippen LogP contribution < -0.4 is 5.32 Å². The number of alkyl halides is 3. The summed E-state index contributed by atoms with van der Waals surface area (Å²) in [6.07, 6.45) is 0.564. The fourth-order valence-corrected chi connectivity index (χ4v) is 1.82. The van der Waals surface area contributed by atoms with Crippen LogP contribution in [0.4, 0.5) is 8.78 Å². The van der Waals surface area contributed by atoms with Gasteiger partial charge in [-0.2, -0.15) is 0 Å². The van der Waals surface area contributed by atoms with Crippen LogP contribution in [0.15, 0.2) is 0 Å². The molecule has 0 aromatic carbocycles. The number of amides is 1. The molecular formula is C10H16BrF2NO. The Morgan fingerprint density at radius 2 is 2.13 bits per heavy atom. The summed E-state index contributed by atoms with van der Waals surface area (Å²) in [4.78, 5) is 11.6. The van der Waals surface area contributed by atoms with E-state index < -0.39 is 17.7 Å². The van der Waals surface area contributed by atoms with Crippen LogP contribution in [0.2, 0.25) is 0 Å². The molecule has 1 aliphatic carbocycles. The lowest BCUT2D eigenvalue weighted by molar-refractivity contribution is -0.136. The molecular weight excluding hydrogens is 268 g/mol. The molecule has 5 heteroatoms. The van der Waals surface area contributed by atoms with Crippen LogP contribution in [0.1, 0.15) is 33.1 Å². The van der Waals surface area contributed by atoms with Crippen molar-refractivity contribution in [1.29, 1.82) is 0 Å². The van der Waals surface area contributed by atoms with Gasteiger partial charge in [-0.05, 0) is 19.8 Å². The van der Waals surface area contributed by atoms with Gasteiger partial charge in [-0.1, -0.05) is 22.9 Å². The number of rotatable bonds is 3. The minimum atomic E-state index is -2.82. The summed E-state index contributed by atoms with van der Waals surface area (Å²) in [5.74, 6) is -4.47. The van der Waals surface area contributed by atoms with Gasteiger partial charge in [-0.25, -0.2) is 8.78 Å². The third-order valence-electron chi connectivity index (χ3n) is 2.89. The molecule has 88 valence electrons. The van der Waals surface area contributed by atoms with Gasteiger partial charge in [-0.15, -0.1) is 0 Å². The zero-order chi connectivity index (χ0) is 11.6. The summed E-state index contributed by atoms with van der Waals surface area (Å²) in [7, 11) is 0. The molecule has 0 aromatic heterocycles. The Labute approximate surface area is 96.9 Å². The topological polar surface area (TPSA) is 29.1 Å². The van der Waals surface area contributed by atoms with E-state index in [1.165, 1.54) is 0 Å². The van der Waals surface area contributed by atoms with Crippen molar-refractivity contribution in [2.75, 3.05) is 0 Å². The van der Waals surface area contributed by atoms with Gasteiger partial charge in [0.05, 0.1) is 0 Å². The monoisotopic (exact) mass is 283 g/mol. The average molecular weight is 284 g/mol. The number of nitrogens with one attached hydrogen (secondary N) is 1. The molecule has 2 nitrogen and oxygen atoms in total.